The number of hydrogen-bond acceptors (Lipinski definition) is 2. The molecule has 0 aliphatic carbocycles. The first kappa shape index (κ1) is 14.5. The fraction of sp³-hybridized carbons (Fsp3) is 0.250. The Balaban J connectivity index is 1.63. The lowest BCUT2D eigenvalue weighted by Gasteiger charge is -2.08. The number of rotatable bonds is 7. The summed E-state index contributed by atoms with van der Waals surface area (Å²) in [5, 5.41) is 3.07. The van der Waals surface area contributed by atoms with E-state index in [-0.39, 0.29) is 0 Å². The van der Waals surface area contributed by atoms with Crippen LogP contribution in [0.5, 0.6) is 5.75 Å². The molecule has 20 heavy (non-hydrogen) atoms. The molecule has 4 heteroatoms. The normalized spacial score (nSPS) is 10.5. The summed E-state index contributed by atoms with van der Waals surface area (Å²) < 4.78 is 31.9. The molecule has 2 aromatic carbocycles. The van der Waals surface area contributed by atoms with Crippen molar-refractivity contribution in [2.24, 2.45) is 0 Å². The van der Waals surface area contributed by atoms with Crippen LogP contribution in [-0.2, 0) is 6.54 Å². The van der Waals surface area contributed by atoms with Gasteiger partial charge in [-0.3, -0.25) is 0 Å². The van der Waals surface area contributed by atoms with Crippen LogP contribution in [-0.4, -0.2) is 13.2 Å². The van der Waals surface area contributed by atoms with Crippen LogP contribution >= 0.6 is 0 Å². The third-order valence-corrected chi connectivity index (χ3v) is 2.86. The van der Waals surface area contributed by atoms with Gasteiger partial charge in [0.2, 0.25) is 0 Å². The molecule has 0 spiro atoms. The van der Waals surface area contributed by atoms with E-state index in [1.807, 2.05) is 30.3 Å². The van der Waals surface area contributed by atoms with Crippen molar-refractivity contribution in [2.75, 3.05) is 13.2 Å². The predicted molar refractivity (Wildman–Crippen MR) is 74.6 cm³/mol. The average Bonchev–Trinajstić information content (AvgIpc) is 2.48. The van der Waals surface area contributed by atoms with Crippen molar-refractivity contribution in [1.29, 1.82) is 0 Å². The van der Waals surface area contributed by atoms with Crippen molar-refractivity contribution in [3.8, 4) is 5.75 Å². The molecule has 1 N–H and O–H groups in total. The predicted octanol–water partition coefficient (Wildman–Crippen LogP) is 3.52. The zero-order chi connectivity index (χ0) is 14.2. The quantitative estimate of drug-likeness (QED) is 0.782. The van der Waals surface area contributed by atoms with Gasteiger partial charge in [0.25, 0.3) is 0 Å². The molecule has 106 valence electrons. The maximum atomic E-state index is 13.4. The molecule has 0 atom stereocenters. The van der Waals surface area contributed by atoms with Crippen molar-refractivity contribution in [3.63, 3.8) is 0 Å². The van der Waals surface area contributed by atoms with Gasteiger partial charge in [-0.15, -0.1) is 0 Å². The third-order valence-electron chi connectivity index (χ3n) is 2.86. The van der Waals surface area contributed by atoms with E-state index in [0.717, 1.165) is 18.2 Å². The molecule has 0 aliphatic heterocycles. The minimum atomic E-state index is -0.809. The molecule has 2 rings (SSSR count). The van der Waals surface area contributed by atoms with Gasteiger partial charge >= 0.3 is 0 Å². The molecule has 0 amide bonds. The highest BCUT2D eigenvalue weighted by Gasteiger charge is 2.06. The molecule has 0 aromatic heterocycles. The molecule has 0 heterocycles. The van der Waals surface area contributed by atoms with E-state index < -0.39 is 11.6 Å². The van der Waals surface area contributed by atoms with Crippen molar-refractivity contribution in [2.45, 2.75) is 13.0 Å². The van der Waals surface area contributed by atoms with E-state index >= 15 is 0 Å². The lowest BCUT2D eigenvalue weighted by Crippen LogP contribution is -2.18. The fourth-order valence-electron chi connectivity index (χ4n) is 1.81. The van der Waals surface area contributed by atoms with Crippen LogP contribution in [0.25, 0.3) is 0 Å². The zero-order valence-electron chi connectivity index (χ0n) is 11.1. The van der Waals surface area contributed by atoms with Crippen LogP contribution in [0.3, 0.4) is 0 Å². The number of para-hydroxylation sites is 1. The van der Waals surface area contributed by atoms with Crippen LogP contribution in [0.15, 0.2) is 48.5 Å². The first-order valence-electron chi connectivity index (χ1n) is 6.59. The van der Waals surface area contributed by atoms with E-state index in [2.05, 4.69) is 5.32 Å². The molecule has 2 aromatic rings. The minimum Gasteiger partial charge on any atom is -0.494 e. The maximum Gasteiger partial charge on any atom is 0.163 e. The van der Waals surface area contributed by atoms with Gasteiger partial charge in [0.15, 0.2) is 11.6 Å². The van der Waals surface area contributed by atoms with Gasteiger partial charge in [0.05, 0.1) is 6.61 Å². The fourth-order valence-corrected chi connectivity index (χ4v) is 1.81. The summed E-state index contributed by atoms with van der Waals surface area (Å²) in [7, 11) is 0. The first-order valence-corrected chi connectivity index (χ1v) is 6.59. The van der Waals surface area contributed by atoms with Gasteiger partial charge in [-0.1, -0.05) is 30.3 Å². The SMILES string of the molecule is Fc1cccc(CNCCCOc2ccccc2)c1F. The van der Waals surface area contributed by atoms with Gasteiger partial charge in [-0.05, 0) is 31.2 Å². The molecular weight excluding hydrogens is 260 g/mol. The van der Waals surface area contributed by atoms with E-state index in [9.17, 15) is 8.78 Å². The Morgan fingerprint density at radius 3 is 2.55 bits per heavy atom. The Labute approximate surface area is 117 Å². The molecule has 0 bridgehead atoms. The highest BCUT2D eigenvalue weighted by molar-refractivity contribution is 5.21. The van der Waals surface area contributed by atoms with Crippen LogP contribution in [0, 0.1) is 11.6 Å². The molecular formula is C16H17F2NO. The lowest BCUT2D eigenvalue weighted by atomic mass is 10.2. The van der Waals surface area contributed by atoms with E-state index in [1.165, 1.54) is 6.07 Å². The lowest BCUT2D eigenvalue weighted by molar-refractivity contribution is 0.308. The second-order valence-electron chi connectivity index (χ2n) is 4.40. The van der Waals surface area contributed by atoms with Crippen molar-refractivity contribution in [1.82, 2.24) is 5.32 Å². The minimum absolute atomic E-state index is 0.314. The smallest absolute Gasteiger partial charge is 0.163 e. The Morgan fingerprint density at radius 1 is 0.950 bits per heavy atom. The first-order chi connectivity index (χ1) is 9.77. The number of hydrogen-bond donors (Lipinski definition) is 1. The van der Waals surface area contributed by atoms with Gasteiger partial charge < -0.3 is 10.1 Å². The molecule has 0 saturated heterocycles. The standard InChI is InChI=1S/C16H17F2NO/c17-15-9-4-6-13(16(15)18)12-19-10-5-11-20-14-7-2-1-3-8-14/h1-4,6-9,19H,5,10-12H2. The highest BCUT2D eigenvalue weighted by Crippen LogP contribution is 2.11. The number of benzene rings is 2. The topological polar surface area (TPSA) is 21.3 Å². The molecule has 0 radical (unpaired) electrons. The van der Waals surface area contributed by atoms with Gasteiger partial charge in [-0.2, -0.15) is 0 Å². The van der Waals surface area contributed by atoms with Crippen LogP contribution in [0.4, 0.5) is 8.78 Å². The van der Waals surface area contributed by atoms with Crippen molar-refractivity contribution < 1.29 is 13.5 Å². The summed E-state index contributed by atoms with van der Waals surface area (Å²) in [6.45, 7) is 1.58. The molecule has 0 aliphatic rings. The van der Waals surface area contributed by atoms with Gasteiger partial charge in [-0.25, -0.2) is 8.78 Å². The highest BCUT2D eigenvalue weighted by atomic mass is 19.2. The Bertz CT molecular complexity index is 531. The van der Waals surface area contributed by atoms with Crippen LogP contribution in [0.1, 0.15) is 12.0 Å². The summed E-state index contributed by atoms with van der Waals surface area (Å²) in [4.78, 5) is 0. The van der Waals surface area contributed by atoms with Crippen molar-refractivity contribution >= 4 is 0 Å². The zero-order valence-corrected chi connectivity index (χ0v) is 11.1. The summed E-state index contributed by atoms with van der Waals surface area (Å²) in [5.74, 6) is -0.749. The summed E-state index contributed by atoms with van der Waals surface area (Å²) in [6.07, 6.45) is 0.797. The van der Waals surface area contributed by atoms with Gasteiger partial charge in [0, 0.05) is 12.1 Å². The molecule has 0 unspecified atom stereocenters. The van der Waals surface area contributed by atoms with Crippen LogP contribution in [0.2, 0.25) is 0 Å². The maximum absolute atomic E-state index is 13.4. The molecule has 2 nitrogen and oxygen atoms in total. The second kappa shape index (κ2) is 7.60. The number of halogens is 2. The monoisotopic (exact) mass is 277 g/mol. The average molecular weight is 277 g/mol. The van der Waals surface area contributed by atoms with Crippen molar-refractivity contribution in [3.05, 3.63) is 65.7 Å². The Kier molecular flexibility index (Phi) is 5.50. The molecule has 0 fully saturated rings. The van der Waals surface area contributed by atoms with E-state index in [4.69, 9.17) is 4.74 Å². The number of nitrogens with one attached hydrogen (secondary N) is 1. The van der Waals surface area contributed by atoms with Crippen LogP contribution < -0.4 is 10.1 Å². The molecule has 0 saturated carbocycles. The Hall–Kier alpha value is -1.94. The Morgan fingerprint density at radius 2 is 1.75 bits per heavy atom. The van der Waals surface area contributed by atoms with E-state index in [1.54, 1.807) is 6.07 Å². The number of ether oxygens (including phenoxy) is 1. The third kappa shape index (κ3) is 4.31. The summed E-state index contributed by atoms with van der Waals surface area (Å²) >= 11 is 0. The largest absolute Gasteiger partial charge is 0.494 e. The summed E-state index contributed by atoms with van der Waals surface area (Å²) in [5.41, 5.74) is 0.342. The van der Waals surface area contributed by atoms with E-state index in [0.29, 0.717) is 25.3 Å². The summed E-state index contributed by atoms with van der Waals surface area (Å²) in [6, 6.07) is 13.8. The van der Waals surface area contributed by atoms with Gasteiger partial charge in [0.1, 0.15) is 5.75 Å². The second-order valence-corrected chi connectivity index (χ2v) is 4.40.